The number of carbonyl (C=O) groups is 1. The van der Waals surface area contributed by atoms with Crippen LogP contribution >= 0.6 is 0 Å². The van der Waals surface area contributed by atoms with Gasteiger partial charge in [-0.2, -0.15) is 5.10 Å². The van der Waals surface area contributed by atoms with Crippen LogP contribution in [0.15, 0.2) is 6.20 Å². The number of rotatable bonds is 5. The Balaban J connectivity index is 2.66. The molecule has 0 aliphatic rings. The fraction of sp³-hybridized carbons (Fsp3) is 0.667. The van der Waals surface area contributed by atoms with E-state index in [4.69, 9.17) is 0 Å². The van der Waals surface area contributed by atoms with E-state index in [1.807, 2.05) is 13.2 Å². The number of aromatic nitrogens is 2. The first kappa shape index (κ1) is 13.7. The predicted octanol–water partition coefficient (Wildman–Crippen LogP) is 1.19. The molecule has 1 rings (SSSR count). The number of carbonyl (C=O) groups excluding carboxylic acids is 1. The topological polar surface area (TPSA) is 56.1 Å². The van der Waals surface area contributed by atoms with Gasteiger partial charge >= 0.3 is 5.97 Å². The number of aryl methyl sites for hydroxylation is 1. The molecule has 1 aromatic rings. The highest BCUT2D eigenvalue weighted by atomic mass is 16.5. The van der Waals surface area contributed by atoms with Crippen LogP contribution in [0.3, 0.4) is 0 Å². The Labute approximate surface area is 102 Å². The maximum atomic E-state index is 11.3. The lowest BCUT2D eigenvalue weighted by atomic mass is 10.1. The standard InChI is InChI=1S/C12H21N3O2/c1-8(2)11-10(7-15(4)14-11)6-13-9(3)12(16)17-5/h7-9,13H,6H2,1-5H3/t9-/m0/s1. The van der Waals surface area contributed by atoms with E-state index < -0.39 is 0 Å². The van der Waals surface area contributed by atoms with E-state index in [1.165, 1.54) is 7.11 Å². The molecule has 0 aromatic carbocycles. The largest absolute Gasteiger partial charge is 0.468 e. The first-order valence-electron chi connectivity index (χ1n) is 5.79. The Morgan fingerprint density at radius 1 is 1.53 bits per heavy atom. The number of hydrogen-bond donors (Lipinski definition) is 1. The number of methoxy groups -OCH3 is 1. The molecule has 5 heteroatoms. The van der Waals surface area contributed by atoms with E-state index in [0.29, 0.717) is 12.5 Å². The van der Waals surface area contributed by atoms with Crippen molar-refractivity contribution in [3.8, 4) is 0 Å². The van der Waals surface area contributed by atoms with Crippen LogP contribution in [0, 0.1) is 0 Å². The molecule has 1 aromatic heterocycles. The highest BCUT2D eigenvalue weighted by molar-refractivity contribution is 5.75. The van der Waals surface area contributed by atoms with Gasteiger partial charge in [0.25, 0.3) is 0 Å². The van der Waals surface area contributed by atoms with Crippen LogP contribution in [0.25, 0.3) is 0 Å². The molecule has 0 saturated carbocycles. The average molecular weight is 239 g/mol. The van der Waals surface area contributed by atoms with Crippen LogP contribution in [0.4, 0.5) is 0 Å². The molecular formula is C12H21N3O2. The lowest BCUT2D eigenvalue weighted by molar-refractivity contribution is -0.142. The van der Waals surface area contributed by atoms with Crippen molar-refractivity contribution in [2.24, 2.45) is 7.05 Å². The Morgan fingerprint density at radius 3 is 2.71 bits per heavy atom. The van der Waals surface area contributed by atoms with E-state index in [-0.39, 0.29) is 12.0 Å². The summed E-state index contributed by atoms with van der Waals surface area (Å²) in [7, 11) is 3.29. The van der Waals surface area contributed by atoms with Gasteiger partial charge in [-0.3, -0.25) is 9.48 Å². The van der Waals surface area contributed by atoms with Gasteiger partial charge in [0.2, 0.25) is 0 Å². The lowest BCUT2D eigenvalue weighted by Crippen LogP contribution is -2.34. The molecule has 0 aliphatic heterocycles. The fourth-order valence-corrected chi connectivity index (χ4v) is 1.70. The van der Waals surface area contributed by atoms with E-state index in [2.05, 4.69) is 29.0 Å². The summed E-state index contributed by atoms with van der Waals surface area (Å²) in [4.78, 5) is 11.3. The van der Waals surface area contributed by atoms with E-state index in [1.54, 1.807) is 11.6 Å². The number of hydrogen-bond acceptors (Lipinski definition) is 4. The summed E-state index contributed by atoms with van der Waals surface area (Å²) < 4.78 is 6.46. The first-order valence-corrected chi connectivity index (χ1v) is 5.79. The Morgan fingerprint density at radius 2 is 2.18 bits per heavy atom. The minimum atomic E-state index is -0.305. The molecule has 1 atom stereocenters. The molecule has 0 amide bonds. The van der Waals surface area contributed by atoms with Gasteiger partial charge in [0.05, 0.1) is 12.8 Å². The quantitative estimate of drug-likeness (QED) is 0.784. The number of ether oxygens (including phenoxy) is 1. The molecule has 96 valence electrons. The zero-order valence-corrected chi connectivity index (χ0v) is 11.2. The second-order valence-electron chi connectivity index (χ2n) is 4.49. The second-order valence-corrected chi connectivity index (χ2v) is 4.49. The molecule has 5 nitrogen and oxygen atoms in total. The fourth-order valence-electron chi connectivity index (χ4n) is 1.70. The third kappa shape index (κ3) is 3.56. The van der Waals surface area contributed by atoms with Crippen molar-refractivity contribution in [1.29, 1.82) is 0 Å². The minimum Gasteiger partial charge on any atom is -0.468 e. The van der Waals surface area contributed by atoms with Gasteiger partial charge < -0.3 is 10.1 Å². The minimum absolute atomic E-state index is 0.250. The smallest absolute Gasteiger partial charge is 0.322 e. The van der Waals surface area contributed by atoms with Crippen molar-refractivity contribution in [1.82, 2.24) is 15.1 Å². The van der Waals surface area contributed by atoms with E-state index in [9.17, 15) is 4.79 Å². The summed E-state index contributed by atoms with van der Waals surface area (Å²) in [5.74, 6) is 0.126. The van der Waals surface area contributed by atoms with Crippen molar-refractivity contribution in [2.45, 2.75) is 39.3 Å². The number of nitrogens with zero attached hydrogens (tertiary/aromatic N) is 2. The van der Waals surface area contributed by atoms with Gasteiger partial charge in [0.1, 0.15) is 6.04 Å². The lowest BCUT2D eigenvalue weighted by Gasteiger charge is -2.11. The molecule has 1 N–H and O–H groups in total. The predicted molar refractivity (Wildman–Crippen MR) is 65.6 cm³/mol. The normalized spacial score (nSPS) is 12.8. The molecule has 0 saturated heterocycles. The average Bonchev–Trinajstić information content (AvgIpc) is 2.66. The van der Waals surface area contributed by atoms with Crippen LogP contribution < -0.4 is 5.32 Å². The zero-order valence-electron chi connectivity index (χ0n) is 11.2. The van der Waals surface area contributed by atoms with Crippen LogP contribution in [0.5, 0.6) is 0 Å². The van der Waals surface area contributed by atoms with E-state index in [0.717, 1.165) is 11.3 Å². The maximum absolute atomic E-state index is 11.3. The SMILES string of the molecule is COC(=O)[C@H](C)NCc1cn(C)nc1C(C)C. The summed E-state index contributed by atoms with van der Waals surface area (Å²) in [5.41, 5.74) is 2.19. The molecule has 1 heterocycles. The molecular weight excluding hydrogens is 218 g/mol. The summed E-state index contributed by atoms with van der Waals surface area (Å²) >= 11 is 0. The van der Waals surface area contributed by atoms with Gasteiger partial charge in [-0.1, -0.05) is 13.8 Å². The van der Waals surface area contributed by atoms with Gasteiger partial charge in [-0.25, -0.2) is 0 Å². The van der Waals surface area contributed by atoms with Crippen LogP contribution in [0.2, 0.25) is 0 Å². The summed E-state index contributed by atoms with van der Waals surface area (Å²) in [6.07, 6.45) is 1.98. The molecule has 0 aliphatic carbocycles. The Hall–Kier alpha value is -1.36. The maximum Gasteiger partial charge on any atom is 0.322 e. The molecule has 0 spiro atoms. The summed E-state index contributed by atoms with van der Waals surface area (Å²) in [5, 5.41) is 7.54. The zero-order chi connectivity index (χ0) is 13.0. The highest BCUT2D eigenvalue weighted by Crippen LogP contribution is 2.17. The Kier molecular flexibility index (Phi) is 4.69. The van der Waals surface area contributed by atoms with Crippen molar-refractivity contribution in [3.63, 3.8) is 0 Å². The highest BCUT2D eigenvalue weighted by Gasteiger charge is 2.15. The first-order chi connectivity index (χ1) is 7.95. The second kappa shape index (κ2) is 5.82. The van der Waals surface area contributed by atoms with Gasteiger partial charge in [-0.05, 0) is 12.8 Å². The van der Waals surface area contributed by atoms with Crippen molar-refractivity contribution < 1.29 is 9.53 Å². The Bertz CT molecular complexity index is 385. The molecule has 0 radical (unpaired) electrons. The van der Waals surface area contributed by atoms with Crippen molar-refractivity contribution in [3.05, 3.63) is 17.5 Å². The van der Waals surface area contributed by atoms with Crippen LogP contribution in [-0.4, -0.2) is 28.9 Å². The van der Waals surface area contributed by atoms with Crippen molar-refractivity contribution >= 4 is 5.97 Å². The number of nitrogens with one attached hydrogen (secondary N) is 1. The van der Waals surface area contributed by atoms with Gasteiger partial charge in [0.15, 0.2) is 0 Å². The summed E-state index contributed by atoms with van der Waals surface area (Å²) in [6.45, 7) is 6.63. The third-order valence-electron chi connectivity index (χ3n) is 2.64. The molecule has 0 bridgehead atoms. The van der Waals surface area contributed by atoms with Crippen LogP contribution in [0.1, 0.15) is 37.9 Å². The summed E-state index contributed by atoms with van der Waals surface area (Å²) in [6, 6.07) is -0.305. The number of esters is 1. The third-order valence-corrected chi connectivity index (χ3v) is 2.64. The molecule has 0 unspecified atom stereocenters. The van der Waals surface area contributed by atoms with E-state index >= 15 is 0 Å². The van der Waals surface area contributed by atoms with Gasteiger partial charge in [0, 0.05) is 25.4 Å². The van der Waals surface area contributed by atoms with Crippen LogP contribution in [-0.2, 0) is 23.1 Å². The molecule has 17 heavy (non-hydrogen) atoms. The molecule has 0 fully saturated rings. The van der Waals surface area contributed by atoms with Gasteiger partial charge in [-0.15, -0.1) is 0 Å². The monoisotopic (exact) mass is 239 g/mol. The van der Waals surface area contributed by atoms with Crippen molar-refractivity contribution in [2.75, 3.05) is 7.11 Å².